The van der Waals surface area contributed by atoms with Gasteiger partial charge in [0.25, 0.3) is 0 Å². The third-order valence-corrected chi connectivity index (χ3v) is 2.74. The van der Waals surface area contributed by atoms with E-state index in [1.807, 2.05) is 0 Å². The maximum Gasteiger partial charge on any atom is -0.0120 e. The Hall–Kier alpha value is -1.30. The molecule has 0 atom stereocenters. The second kappa shape index (κ2) is 2.10. The standard InChI is InChI=1S/C12H10/c1-3-9-4-2-6-11-8-7-10(5-1)12(9)11/h1-6H,7-8H2/i1+1,3+1,5+1,9+1,10+1,12+1. The first kappa shape index (κ1) is 6.24. The van der Waals surface area contributed by atoms with Crippen LogP contribution in [0.4, 0.5) is 0 Å². The van der Waals surface area contributed by atoms with E-state index in [-0.39, 0.29) is 0 Å². The van der Waals surface area contributed by atoms with Gasteiger partial charge in [-0.2, -0.15) is 0 Å². The van der Waals surface area contributed by atoms with Gasteiger partial charge < -0.3 is 0 Å². The molecule has 0 radical (unpaired) electrons. The Labute approximate surface area is 71.8 Å². The van der Waals surface area contributed by atoms with Gasteiger partial charge in [0.05, 0.1) is 0 Å². The molecule has 0 saturated carbocycles. The van der Waals surface area contributed by atoms with Crippen molar-refractivity contribution in [1.82, 2.24) is 0 Å². The van der Waals surface area contributed by atoms with Crippen LogP contribution in [0.2, 0.25) is 0 Å². The Morgan fingerprint density at radius 1 is 0.750 bits per heavy atom. The van der Waals surface area contributed by atoms with E-state index in [9.17, 15) is 0 Å². The molecule has 58 valence electrons. The quantitative estimate of drug-likeness (QED) is 0.555. The van der Waals surface area contributed by atoms with Gasteiger partial charge in [0.1, 0.15) is 0 Å². The van der Waals surface area contributed by atoms with Crippen LogP contribution in [-0.2, 0) is 12.8 Å². The third-order valence-electron chi connectivity index (χ3n) is 2.74. The summed E-state index contributed by atoms with van der Waals surface area (Å²) in [5.41, 5.74) is 3.06. The smallest absolute Gasteiger partial charge is 0.0120 e. The molecule has 1 aliphatic rings. The molecule has 0 aliphatic heterocycles. The zero-order valence-electron chi connectivity index (χ0n) is 6.88. The first-order valence-corrected chi connectivity index (χ1v) is 4.45. The van der Waals surface area contributed by atoms with Gasteiger partial charge in [-0.3, -0.25) is 0 Å². The maximum absolute atomic E-state index is 2.25. The van der Waals surface area contributed by atoms with Crippen molar-refractivity contribution >= 4 is 10.8 Å². The van der Waals surface area contributed by atoms with E-state index in [1.165, 1.54) is 34.7 Å². The lowest BCUT2D eigenvalue weighted by Crippen LogP contribution is -1.76. The minimum absolute atomic E-state index is 1.23. The first-order valence-electron chi connectivity index (χ1n) is 4.45. The van der Waals surface area contributed by atoms with E-state index in [0.29, 0.717) is 0 Å². The van der Waals surface area contributed by atoms with Gasteiger partial charge in [0, 0.05) is 0 Å². The molecule has 0 fully saturated rings. The van der Waals surface area contributed by atoms with Crippen molar-refractivity contribution < 1.29 is 0 Å². The lowest BCUT2D eigenvalue weighted by atomic mass is 10.3. The van der Waals surface area contributed by atoms with E-state index < -0.39 is 0 Å². The van der Waals surface area contributed by atoms with Gasteiger partial charge in [-0.1, -0.05) is 36.4 Å². The molecule has 0 bridgehead atoms. The minimum atomic E-state index is 1.23. The SMILES string of the molecule is c1cc2[13c]3[13c]([13cH][13cH][13cH][13c]3c1)CC2. The van der Waals surface area contributed by atoms with Gasteiger partial charge in [-0.25, -0.2) is 0 Å². The van der Waals surface area contributed by atoms with Crippen LogP contribution in [0.3, 0.4) is 0 Å². The molecule has 0 heteroatoms. The summed E-state index contributed by atoms with van der Waals surface area (Å²) in [4.78, 5) is 0. The molecule has 0 aromatic heterocycles. The second-order valence-corrected chi connectivity index (χ2v) is 3.43. The predicted octanol–water partition coefficient (Wildman–Crippen LogP) is 2.94. The molecule has 0 unspecified atom stereocenters. The fraction of sp³-hybridized carbons (Fsp3) is 0.167. The zero-order chi connectivity index (χ0) is 7.97. The molecule has 0 N–H and O–H groups in total. The Morgan fingerprint density at radius 3 is 1.92 bits per heavy atom. The third kappa shape index (κ3) is 0.672. The normalized spacial score (nSPS) is 14.0. The van der Waals surface area contributed by atoms with Crippen LogP contribution < -0.4 is 0 Å². The highest BCUT2D eigenvalue weighted by molar-refractivity contribution is 5.90. The average Bonchev–Trinajstić information content (AvgIpc) is 2.52. The van der Waals surface area contributed by atoms with Gasteiger partial charge in [0.2, 0.25) is 0 Å². The maximum atomic E-state index is 2.25. The van der Waals surface area contributed by atoms with Crippen molar-refractivity contribution in [2.45, 2.75) is 12.8 Å². The number of aryl methyl sites for hydroxylation is 2. The molecule has 0 amide bonds. The van der Waals surface area contributed by atoms with E-state index in [0.717, 1.165) is 0 Å². The van der Waals surface area contributed by atoms with Gasteiger partial charge in [-0.15, -0.1) is 0 Å². The molecule has 1 aliphatic carbocycles. The fourth-order valence-electron chi connectivity index (χ4n) is 2.19. The summed E-state index contributed by atoms with van der Waals surface area (Å²) in [7, 11) is 0. The molecule has 2 aromatic carbocycles. The summed E-state index contributed by atoms with van der Waals surface area (Å²) in [6.45, 7) is 0. The molecule has 0 spiro atoms. The van der Waals surface area contributed by atoms with Crippen LogP contribution in [-0.4, -0.2) is 0 Å². The Morgan fingerprint density at radius 2 is 1.33 bits per heavy atom. The summed E-state index contributed by atoms with van der Waals surface area (Å²) in [6, 6.07) is 13.2. The highest BCUT2D eigenvalue weighted by Crippen LogP contribution is 2.29. The Kier molecular flexibility index (Phi) is 1.09. The van der Waals surface area contributed by atoms with Crippen molar-refractivity contribution in [2.75, 3.05) is 0 Å². The van der Waals surface area contributed by atoms with Crippen LogP contribution >= 0.6 is 0 Å². The van der Waals surface area contributed by atoms with Crippen molar-refractivity contribution in [3.63, 3.8) is 0 Å². The first-order chi connectivity index (χ1) is 5.95. The van der Waals surface area contributed by atoms with Crippen LogP contribution in [0, 0.1) is 0 Å². The highest BCUT2D eigenvalue weighted by atomic mass is 14.9. The van der Waals surface area contributed by atoms with E-state index >= 15 is 0 Å². The number of hydrogen-bond acceptors (Lipinski definition) is 0. The zero-order valence-corrected chi connectivity index (χ0v) is 6.88. The van der Waals surface area contributed by atoms with E-state index in [1.54, 1.807) is 0 Å². The van der Waals surface area contributed by atoms with Crippen molar-refractivity contribution in [1.29, 1.82) is 0 Å². The van der Waals surface area contributed by atoms with Gasteiger partial charge in [0.15, 0.2) is 0 Å². The number of hydrogen-bond donors (Lipinski definition) is 0. The lowest BCUT2D eigenvalue weighted by Gasteiger charge is -1.99. The van der Waals surface area contributed by atoms with Gasteiger partial charge >= 0.3 is 0 Å². The average molecular weight is 160 g/mol. The topological polar surface area (TPSA) is 0 Å². The summed E-state index contributed by atoms with van der Waals surface area (Å²) in [6.07, 6.45) is 2.47. The van der Waals surface area contributed by atoms with Crippen molar-refractivity contribution in [3.05, 3.63) is 47.5 Å². The van der Waals surface area contributed by atoms with Crippen LogP contribution in [0.25, 0.3) is 10.8 Å². The summed E-state index contributed by atoms with van der Waals surface area (Å²) in [5.74, 6) is 0. The monoisotopic (exact) mass is 160 g/mol. The lowest BCUT2D eigenvalue weighted by molar-refractivity contribution is 1.02. The predicted molar refractivity (Wildman–Crippen MR) is 51.4 cm³/mol. The fourth-order valence-corrected chi connectivity index (χ4v) is 2.19. The highest BCUT2D eigenvalue weighted by Gasteiger charge is 2.11. The summed E-state index contributed by atoms with van der Waals surface area (Å²) < 4.78 is 0. The molecule has 0 nitrogen and oxygen atoms in total. The summed E-state index contributed by atoms with van der Waals surface area (Å²) >= 11 is 0. The van der Waals surface area contributed by atoms with Crippen molar-refractivity contribution in [2.24, 2.45) is 0 Å². The number of benzene rings is 2. The Balaban J connectivity index is 2.58. The number of rotatable bonds is 0. The van der Waals surface area contributed by atoms with E-state index in [4.69, 9.17) is 0 Å². The molecular formula is C12H10. The molecule has 0 saturated heterocycles. The molecular weight excluding hydrogens is 150 g/mol. The second-order valence-electron chi connectivity index (χ2n) is 3.43. The van der Waals surface area contributed by atoms with Gasteiger partial charge in [-0.05, 0) is 34.7 Å². The largest absolute Gasteiger partial charge is 0.0614 e. The van der Waals surface area contributed by atoms with Crippen molar-refractivity contribution in [3.8, 4) is 0 Å². The van der Waals surface area contributed by atoms with Crippen LogP contribution in [0.15, 0.2) is 36.4 Å². The van der Waals surface area contributed by atoms with Crippen LogP contribution in [0.1, 0.15) is 11.1 Å². The molecule has 3 rings (SSSR count). The minimum Gasteiger partial charge on any atom is -0.0614 e. The molecule has 2 aromatic rings. The Bertz CT molecular complexity index is 402. The molecule has 0 heterocycles. The summed E-state index contributed by atoms with van der Waals surface area (Å²) in [5, 5.41) is 2.92. The van der Waals surface area contributed by atoms with Crippen LogP contribution in [0.5, 0.6) is 0 Å². The molecule has 12 heavy (non-hydrogen) atoms. The van der Waals surface area contributed by atoms with E-state index in [2.05, 4.69) is 36.4 Å².